The van der Waals surface area contributed by atoms with Gasteiger partial charge in [-0.05, 0) is 42.7 Å². The van der Waals surface area contributed by atoms with Crippen LogP contribution in [0.1, 0.15) is 18.1 Å². The van der Waals surface area contributed by atoms with Gasteiger partial charge in [-0.2, -0.15) is 0 Å². The standard InChI is InChI=1S/C18H22N2O3S/c1-4-15-9-7-10-16(12-15)19-18(21)13-20(24(3,22)23)17-11-6-5-8-14(17)2/h5-12H,4,13H2,1-3H3,(H,19,21). The summed E-state index contributed by atoms with van der Waals surface area (Å²) in [6, 6.07) is 14.6. The molecular formula is C18H22N2O3S. The van der Waals surface area contributed by atoms with Crippen LogP contribution in [-0.2, 0) is 21.2 Å². The van der Waals surface area contributed by atoms with Gasteiger partial charge in [0.1, 0.15) is 6.54 Å². The smallest absolute Gasteiger partial charge is 0.245 e. The first-order valence-electron chi connectivity index (χ1n) is 7.73. The van der Waals surface area contributed by atoms with E-state index < -0.39 is 10.0 Å². The molecule has 0 aromatic heterocycles. The monoisotopic (exact) mass is 346 g/mol. The molecule has 1 amide bonds. The lowest BCUT2D eigenvalue weighted by molar-refractivity contribution is -0.114. The van der Waals surface area contributed by atoms with E-state index >= 15 is 0 Å². The molecule has 1 N–H and O–H groups in total. The number of carbonyl (C=O) groups excluding carboxylic acids is 1. The summed E-state index contributed by atoms with van der Waals surface area (Å²) >= 11 is 0. The number of carbonyl (C=O) groups is 1. The Morgan fingerprint density at radius 3 is 2.46 bits per heavy atom. The number of aryl methyl sites for hydroxylation is 2. The van der Waals surface area contributed by atoms with Gasteiger partial charge in [0.15, 0.2) is 0 Å². The molecule has 2 aromatic rings. The van der Waals surface area contributed by atoms with Gasteiger partial charge in [0.2, 0.25) is 15.9 Å². The minimum atomic E-state index is -3.57. The Balaban J connectivity index is 2.21. The van der Waals surface area contributed by atoms with Crippen LogP contribution in [0.3, 0.4) is 0 Å². The van der Waals surface area contributed by atoms with Crippen molar-refractivity contribution < 1.29 is 13.2 Å². The van der Waals surface area contributed by atoms with Gasteiger partial charge in [0, 0.05) is 5.69 Å². The molecule has 128 valence electrons. The molecule has 0 aliphatic carbocycles. The number of anilines is 2. The van der Waals surface area contributed by atoms with Crippen LogP contribution in [0.2, 0.25) is 0 Å². The van der Waals surface area contributed by atoms with Gasteiger partial charge in [0.05, 0.1) is 11.9 Å². The molecule has 24 heavy (non-hydrogen) atoms. The molecule has 0 aliphatic heterocycles. The summed E-state index contributed by atoms with van der Waals surface area (Å²) < 4.78 is 25.4. The third-order valence-corrected chi connectivity index (χ3v) is 4.82. The second kappa shape index (κ2) is 7.49. The molecule has 0 saturated carbocycles. The molecule has 0 unspecified atom stereocenters. The third-order valence-electron chi connectivity index (χ3n) is 3.69. The zero-order valence-electron chi connectivity index (χ0n) is 14.1. The van der Waals surface area contributed by atoms with Crippen LogP contribution in [0.15, 0.2) is 48.5 Å². The van der Waals surface area contributed by atoms with E-state index in [1.165, 1.54) is 0 Å². The zero-order valence-corrected chi connectivity index (χ0v) is 14.9. The van der Waals surface area contributed by atoms with Crippen molar-refractivity contribution in [2.75, 3.05) is 22.4 Å². The number of benzene rings is 2. The van der Waals surface area contributed by atoms with Crippen LogP contribution in [-0.4, -0.2) is 27.1 Å². The Morgan fingerprint density at radius 1 is 1.12 bits per heavy atom. The topological polar surface area (TPSA) is 66.5 Å². The van der Waals surface area contributed by atoms with Crippen LogP contribution >= 0.6 is 0 Å². The van der Waals surface area contributed by atoms with Gasteiger partial charge < -0.3 is 5.32 Å². The van der Waals surface area contributed by atoms with Gasteiger partial charge >= 0.3 is 0 Å². The first kappa shape index (κ1) is 18.0. The van der Waals surface area contributed by atoms with E-state index in [4.69, 9.17) is 0 Å². The molecule has 0 radical (unpaired) electrons. The normalized spacial score (nSPS) is 11.1. The summed E-state index contributed by atoms with van der Waals surface area (Å²) in [5.74, 6) is -0.378. The molecule has 0 bridgehead atoms. The molecule has 0 atom stereocenters. The summed E-state index contributed by atoms with van der Waals surface area (Å²) in [7, 11) is -3.57. The summed E-state index contributed by atoms with van der Waals surface area (Å²) in [5, 5.41) is 2.76. The van der Waals surface area contributed by atoms with Crippen LogP contribution in [0.4, 0.5) is 11.4 Å². The lowest BCUT2D eigenvalue weighted by Gasteiger charge is -2.23. The molecule has 0 spiro atoms. The van der Waals surface area contributed by atoms with Crippen molar-refractivity contribution in [2.45, 2.75) is 20.3 Å². The van der Waals surface area contributed by atoms with Crippen LogP contribution < -0.4 is 9.62 Å². The molecular weight excluding hydrogens is 324 g/mol. The van der Waals surface area contributed by atoms with Crippen molar-refractivity contribution >= 4 is 27.3 Å². The number of hydrogen-bond acceptors (Lipinski definition) is 3. The van der Waals surface area contributed by atoms with Crippen molar-refractivity contribution in [3.8, 4) is 0 Å². The van der Waals surface area contributed by atoms with E-state index in [9.17, 15) is 13.2 Å². The highest BCUT2D eigenvalue weighted by Crippen LogP contribution is 2.22. The Hall–Kier alpha value is -2.34. The SMILES string of the molecule is CCc1cccc(NC(=O)CN(c2ccccc2C)S(C)(=O)=O)c1. The van der Waals surface area contributed by atoms with Crippen LogP contribution in [0.25, 0.3) is 0 Å². The van der Waals surface area contributed by atoms with Gasteiger partial charge in [0.25, 0.3) is 0 Å². The third kappa shape index (κ3) is 4.58. The average molecular weight is 346 g/mol. The molecule has 0 aliphatic rings. The predicted octanol–water partition coefficient (Wildman–Crippen LogP) is 2.96. The minimum Gasteiger partial charge on any atom is -0.325 e. The summed E-state index contributed by atoms with van der Waals surface area (Å²) in [4.78, 5) is 12.3. The molecule has 5 nitrogen and oxygen atoms in total. The van der Waals surface area contributed by atoms with Crippen molar-refractivity contribution in [1.29, 1.82) is 0 Å². The summed E-state index contributed by atoms with van der Waals surface area (Å²) in [6.45, 7) is 3.58. The maximum absolute atomic E-state index is 12.3. The van der Waals surface area contributed by atoms with Gasteiger partial charge in [-0.25, -0.2) is 8.42 Å². The number of amides is 1. The van der Waals surface area contributed by atoms with Crippen molar-refractivity contribution in [3.63, 3.8) is 0 Å². The average Bonchev–Trinajstić information content (AvgIpc) is 2.52. The maximum atomic E-state index is 12.3. The first-order chi connectivity index (χ1) is 11.3. The van der Waals surface area contributed by atoms with Gasteiger partial charge in [-0.3, -0.25) is 9.10 Å². The van der Waals surface area contributed by atoms with E-state index in [2.05, 4.69) is 5.32 Å². The molecule has 6 heteroatoms. The number of nitrogens with one attached hydrogen (secondary N) is 1. The Kier molecular flexibility index (Phi) is 5.62. The minimum absolute atomic E-state index is 0.264. The largest absolute Gasteiger partial charge is 0.325 e. The molecule has 2 rings (SSSR count). The van der Waals surface area contributed by atoms with Crippen LogP contribution in [0.5, 0.6) is 0 Å². The van der Waals surface area contributed by atoms with Crippen molar-refractivity contribution in [2.24, 2.45) is 0 Å². The quantitative estimate of drug-likeness (QED) is 0.874. The number of nitrogens with zero attached hydrogens (tertiary/aromatic N) is 1. The van der Waals surface area contributed by atoms with E-state index in [-0.39, 0.29) is 12.5 Å². The molecule has 0 saturated heterocycles. The Morgan fingerprint density at radius 2 is 1.83 bits per heavy atom. The van der Waals surface area contributed by atoms with E-state index in [1.54, 1.807) is 18.2 Å². The lowest BCUT2D eigenvalue weighted by Crippen LogP contribution is -2.37. The highest BCUT2D eigenvalue weighted by Gasteiger charge is 2.22. The fourth-order valence-electron chi connectivity index (χ4n) is 2.42. The Labute approximate surface area is 143 Å². The zero-order chi connectivity index (χ0) is 17.7. The second-order valence-electron chi connectivity index (χ2n) is 5.66. The molecule has 2 aromatic carbocycles. The highest BCUT2D eigenvalue weighted by atomic mass is 32.2. The van der Waals surface area contributed by atoms with Gasteiger partial charge in [-0.15, -0.1) is 0 Å². The van der Waals surface area contributed by atoms with Gasteiger partial charge in [-0.1, -0.05) is 37.3 Å². The first-order valence-corrected chi connectivity index (χ1v) is 9.58. The van der Waals surface area contributed by atoms with E-state index in [0.29, 0.717) is 11.4 Å². The fourth-order valence-corrected chi connectivity index (χ4v) is 3.34. The molecule has 0 heterocycles. The second-order valence-corrected chi connectivity index (χ2v) is 7.57. The summed E-state index contributed by atoms with van der Waals surface area (Å²) in [6.07, 6.45) is 1.97. The Bertz CT molecular complexity index is 832. The number of rotatable bonds is 6. The van der Waals surface area contributed by atoms with Crippen molar-refractivity contribution in [1.82, 2.24) is 0 Å². The number of hydrogen-bond donors (Lipinski definition) is 1. The molecule has 0 fully saturated rings. The summed E-state index contributed by atoms with van der Waals surface area (Å²) in [5.41, 5.74) is 3.07. The lowest BCUT2D eigenvalue weighted by atomic mass is 10.1. The van der Waals surface area contributed by atoms with Crippen molar-refractivity contribution in [3.05, 3.63) is 59.7 Å². The van der Waals surface area contributed by atoms with E-state index in [1.807, 2.05) is 44.2 Å². The van der Waals surface area contributed by atoms with Crippen LogP contribution in [0, 0.1) is 6.92 Å². The number of para-hydroxylation sites is 1. The highest BCUT2D eigenvalue weighted by molar-refractivity contribution is 7.92. The van der Waals surface area contributed by atoms with E-state index in [0.717, 1.165) is 28.1 Å². The predicted molar refractivity (Wildman–Crippen MR) is 97.8 cm³/mol. The maximum Gasteiger partial charge on any atom is 0.245 e. The fraction of sp³-hybridized carbons (Fsp3) is 0.278. The number of sulfonamides is 1.